The van der Waals surface area contributed by atoms with Crippen LogP contribution in [0.15, 0.2) is 30.3 Å². The van der Waals surface area contributed by atoms with Gasteiger partial charge in [-0.15, -0.1) is 0 Å². The fourth-order valence-electron chi connectivity index (χ4n) is 1.80. The third kappa shape index (κ3) is 2.41. The van der Waals surface area contributed by atoms with Crippen LogP contribution in [0.4, 0.5) is 5.69 Å². The molecular formula is C14H13Cl2N. The van der Waals surface area contributed by atoms with Crippen LogP contribution < -0.4 is 5.73 Å². The maximum atomic E-state index is 6.08. The van der Waals surface area contributed by atoms with Crippen LogP contribution >= 0.6 is 23.2 Å². The first-order valence-corrected chi connectivity index (χ1v) is 6.07. The maximum absolute atomic E-state index is 6.08. The minimum Gasteiger partial charge on any atom is -0.398 e. The molecular weight excluding hydrogens is 253 g/mol. The highest BCUT2D eigenvalue weighted by atomic mass is 35.5. The van der Waals surface area contributed by atoms with Crippen LogP contribution in [0, 0.1) is 13.8 Å². The molecule has 2 N–H and O–H groups in total. The quantitative estimate of drug-likeness (QED) is 0.733. The second-order valence-corrected chi connectivity index (χ2v) is 4.97. The number of aryl methyl sites for hydroxylation is 2. The van der Waals surface area contributed by atoms with Gasteiger partial charge >= 0.3 is 0 Å². The standard InChI is InChI=1S/C14H13Cl2N/c1-8-6-13(16)9(2)5-11(8)10-3-4-12(15)14(17)7-10/h3-7H,17H2,1-2H3. The first kappa shape index (κ1) is 12.3. The van der Waals surface area contributed by atoms with Gasteiger partial charge in [-0.25, -0.2) is 0 Å². The van der Waals surface area contributed by atoms with Crippen molar-refractivity contribution in [3.05, 3.63) is 51.5 Å². The number of anilines is 1. The SMILES string of the molecule is Cc1cc(-c2ccc(Cl)c(N)c2)c(C)cc1Cl. The summed E-state index contributed by atoms with van der Waals surface area (Å²) in [4.78, 5) is 0. The number of benzene rings is 2. The van der Waals surface area contributed by atoms with Crippen LogP contribution in [-0.4, -0.2) is 0 Å². The van der Waals surface area contributed by atoms with Crippen LogP contribution in [-0.2, 0) is 0 Å². The van der Waals surface area contributed by atoms with Gasteiger partial charge in [0.05, 0.1) is 10.7 Å². The summed E-state index contributed by atoms with van der Waals surface area (Å²) in [6.07, 6.45) is 0. The van der Waals surface area contributed by atoms with Crippen molar-refractivity contribution in [1.82, 2.24) is 0 Å². The highest BCUT2D eigenvalue weighted by Gasteiger charge is 2.07. The van der Waals surface area contributed by atoms with E-state index >= 15 is 0 Å². The molecule has 1 nitrogen and oxygen atoms in total. The Morgan fingerprint density at radius 2 is 1.59 bits per heavy atom. The fourth-order valence-corrected chi connectivity index (χ4v) is 2.14. The van der Waals surface area contributed by atoms with E-state index in [0.717, 1.165) is 27.3 Å². The summed E-state index contributed by atoms with van der Waals surface area (Å²) in [6.45, 7) is 4.02. The van der Waals surface area contributed by atoms with Gasteiger partial charge in [0.25, 0.3) is 0 Å². The van der Waals surface area contributed by atoms with Crippen molar-refractivity contribution in [2.75, 3.05) is 5.73 Å². The second kappa shape index (κ2) is 4.59. The molecule has 17 heavy (non-hydrogen) atoms. The molecule has 88 valence electrons. The highest BCUT2D eigenvalue weighted by Crippen LogP contribution is 2.31. The molecule has 2 rings (SSSR count). The van der Waals surface area contributed by atoms with Crippen molar-refractivity contribution in [1.29, 1.82) is 0 Å². The van der Waals surface area contributed by atoms with Crippen molar-refractivity contribution in [3.63, 3.8) is 0 Å². The zero-order chi connectivity index (χ0) is 12.6. The molecule has 0 amide bonds. The van der Waals surface area contributed by atoms with Crippen LogP contribution in [0.1, 0.15) is 11.1 Å². The molecule has 0 saturated carbocycles. The Balaban J connectivity index is 2.60. The summed E-state index contributed by atoms with van der Waals surface area (Å²) in [5.41, 5.74) is 10.8. The Labute approximate surface area is 111 Å². The maximum Gasteiger partial charge on any atom is 0.0635 e. The molecule has 0 radical (unpaired) electrons. The van der Waals surface area contributed by atoms with E-state index in [0.29, 0.717) is 10.7 Å². The molecule has 0 spiro atoms. The molecule has 0 unspecified atom stereocenters. The van der Waals surface area contributed by atoms with Gasteiger partial charge in [0.1, 0.15) is 0 Å². The molecule has 0 atom stereocenters. The van der Waals surface area contributed by atoms with E-state index in [1.807, 2.05) is 38.1 Å². The third-order valence-electron chi connectivity index (χ3n) is 2.81. The molecule has 0 heterocycles. The Morgan fingerprint density at radius 3 is 2.24 bits per heavy atom. The topological polar surface area (TPSA) is 26.0 Å². The van der Waals surface area contributed by atoms with Gasteiger partial charge in [0, 0.05) is 5.02 Å². The number of hydrogen-bond donors (Lipinski definition) is 1. The van der Waals surface area contributed by atoms with E-state index in [4.69, 9.17) is 28.9 Å². The fraction of sp³-hybridized carbons (Fsp3) is 0.143. The Morgan fingerprint density at radius 1 is 0.882 bits per heavy atom. The minimum atomic E-state index is 0.581. The predicted octanol–water partition coefficient (Wildman–Crippen LogP) is 4.86. The number of nitrogen functional groups attached to an aromatic ring is 1. The Kier molecular flexibility index (Phi) is 3.32. The Bertz CT molecular complexity index is 577. The average molecular weight is 266 g/mol. The number of nitrogens with two attached hydrogens (primary N) is 1. The smallest absolute Gasteiger partial charge is 0.0635 e. The van der Waals surface area contributed by atoms with Gasteiger partial charge in [-0.05, 0) is 60.4 Å². The summed E-state index contributed by atoms with van der Waals surface area (Å²) >= 11 is 12.0. The minimum absolute atomic E-state index is 0.581. The molecule has 2 aromatic carbocycles. The highest BCUT2D eigenvalue weighted by molar-refractivity contribution is 6.33. The van der Waals surface area contributed by atoms with E-state index in [1.165, 1.54) is 0 Å². The van der Waals surface area contributed by atoms with Gasteiger partial charge in [-0.2, -0.15) is 0 Å². The van der Waals surface area contributed by atoms with Crippen LogP contribution in [0.3, 0.4) is 0 Å². The largest absolute Gasteiger partial charge is 0.398 e. The number of hydrogen-bond acceptors (Lipinski definition) is 1. The summed E-state index contributed by atoms with van der Waals surface area (Å²) in [5, 5.41) is 1.37. The number of rotatable bonds is 1. The van der Waals surface area contributed by atoms with Crippen molar-refractivity contribution < 1.29 is 0 Å². The van der Waals surface area contributed by atoms with E-state index in [2.05, 4.69) is 6.07 Å². The molecule has 0 aliphatic carbocycles. The van der Waals surface area contributed by atoms with E-state index in [9.17, 15) is 0 Å². The normalized spacial score (nSPS) is 10.6. The lowest BCUT2D eigenvalue weighted by Gasteiger charge is -2.10. The molecule has 0 aliphatic heterocycles. The molecule has 3 heteroatoms. The van der Waals surface area contributed by atoms with Gasteiger partial charge in [-0.3, -0.25) is 0 Å². The van der Waals surface area contributed by atoms with Crippen molar-refractivity contribution in [3.8, 4) is 11.1 Å². The van der Waals surface area contributed by atoms with E-state index < -0.39 is 0 Å². The average Bonchev–Trinajstić information content (AvgIpc) is 2.27. The van der Waals surface area contributed by atoms with Crippen LogP contribution in [0.2, 0.25) is 10.0 Å². The molecule has 0 fully saturated rings. The number of halogens is 2. The first-order chi connectivity index (χ1) is 7.99. The summed E-state index contributed by atoms with van der Waals surface area (Å²) in [7, 11) is 0. The third-order valence-corrected chi connectivity index (χ3v) is 3.56. The zero-order valence-electron chi connectivity index (χ0n) is 9.72. The van der Waals surface area contributed by atoms with Crippen molar-refractivity contribution in [2.24, 2.45) is 0 Å². The summed E-state index contributed by atoms with van der Waals surface area (Å²) in [6, 6.07) is 9.71. The molecule has 0 aliphatic rings. The van der Waals surface area contributed by atoms with Crippen molar-refractivity contribution >= 4 is 28.9 Å². The van der Waals surface area contributed by atoms with Gasteiger partial charge in [-0.1, -0.05) is 29.3 Å². The molecule has 0 saturated heterocycles. The van der Waals surface area contributed by atoms with E-state index in [1.54, 1.807) is 0 Å². The molecule has 0 bridgehead atoms. The zero-order valence-corrected chi connectivity index (χ0v) is 11.2. The van der Waals surface area contributed by atoms with Gasteiger partial charge in [0.2, 0.25) is 0 Å². The van der Waals surface area contributed by atoms with Gasteiger partial charge < -0.3 is 5.73 Å². The monoisotopic (exact) mass is 265 g/mol. The van der Waals surface area contributed by atoms with Crippen LogP contribution in [0.5, 0.6) is 0 Å². The lowest BCUT2D eigenvalue weighted by molar-refractivity contribution is 1.39. The summed E-state index contributed by atoms with van der Waals surface area (Å²) < 4.78 is 0. The lowest BCUT2D eigenvalue weighted by atomic mass is 9.98. The first-order valence-electron chi connectivity index (χ1n) is 5.31. The summed E-state index contributed by atoms with van der Waals surface area (Å²) in [5.74, 6) is 0. The van der Waals surface area contributed by atoms with Crippen LogP contribution in [0.25, 0.3) is 11.1 Å². The van der Waals surface area contributed by atoms with Gasteiger partial charge in [0.15, 0.2) is 0 Å². The van der Waals surface area contributed by atoms with E-state index in [-0.39, 0.29) is 0 Å². The second-order valence-electron chi connectivity index (χ2n) is 4.15. The molecule has 2 aromatic rings. The Hall–Kier alpha value is -1.18. The van der Waals surface area contributed by atoms with Crippen molar-refractivity contribution in [2.45, 2.75) is 13.8 Å². The lowest BCUT2D eigenvalue weighted by Crippen LogP contribution is -1.90. The molecule has 0 aromatic heterocycles. The predicted molar refractivity (Wildman–Crippen MR) is 75.8 cm³/mol.